The van der Waals surface area contributed by atoms with Crippen LogP contribution >= 0.6 is 0 Å². The smallest absolute Gasteiger partial charge is 0.284 e. The number of hydrogen-bond acceptors (Lipinski definition) is 11. The van der Waals surface area contributed by atoms with Crippen LogP contribution in [0.4, 0.5) is 26.0 Å². The lowest BCUT2D eigenvalue weighted by atomic mass is 9.81. The first-order valence-corrected chi connectivity index (χ1v) is 22.0. The second kappa shape index (κ2) is 18.2. The van der Waals surface area contributed by atoms with Crippen molar-refractivity contribution in [3.05, 3.63) is 65.2 Å². The summed E-state index contributed by atoms with van der Waals surface area (Å²) in [7, 11) is 1.77. The molecular weight excluding hydrogens is 803 g/mol. The van der Waals surface area contributed by atoms with Crippen molar-refractivity contribution in [3.63, 3.8) is 0 Å². The van der Waals surface area contributed by atoms with E-state index in [1.54, 1.807) is 29.0 Å². The third-order valence-corrected chi connectivity index (χ3v) is 13.4. The molecule has 4 aliphatic heterocycles. The molecule has 16 nitrogen and oxygen atoms in total. The molecule has 330 valence electrons. The number of carbonyl (C=O) groups is 4. The highest BCUT2D eigenvalue weighted by Crippen LogP contribution is 2.45. The Labute approximate surface area is 358 Å². The number of nitrogens with zero attached hydrogens (tertiary/aromatic N) is 8. The van der Waals surface area contributed by atoms with Gasteiger partial charge in [-0.3, -0.25) is 29.2 Å². The minimum absolute atomic E-state index is 0.00580. The Balaban J connectivity index is 0.721. The van der Waals surface area contributed by atoms with Crippen LogP contribution in [0.5, 0.6) is 0 Å². The number of anilines is 3. The fraction of sp³-hybridized carbons (Fsp3) is 0.568. The first kappa shape index (κ1) is 42.0. The Morgan fingerprint density at radius 1 is 1.02 bits per heavy atom. The number of benzene rings is 1. The van der Waals surface area contributed by atoms with E-state index in [1.807, 2.05) is 24.3 Å². The second-order valence-corrected chi connectivity index (χ2v) is 17.3. The van der Waals surface area contributed by atoms with Gasteiger partial charge in [-0.15, -0.1) is 0 Å². The van der Waals surface area contributed by atoms with Gasteiger partial charge in [0.05, 0.1) is 54.8 Å². The summed E-state index contributed by atoms with van der Waals surface area (Å²) in [6, 6.07) is 7.72. The Bertz CT molecular complexity index is 2300. The molecule has 9 rings (SSSR count). The number of nitrogens with one attached hydrogen (secondary N) is 2. The molecule has 0 bridgehead atoms. The third-order valence-electron chi connectivity index (χ3n) is 13.4. The molecule has 7 heterocycles. The predicted molar refractivity (Wildman–Crippen MR) is 224 cm³/mol. The third kappa shape index (κ3) is 8.68. The highest BCUT2D eigenvalue weighted by Gasteiger charge is 2.45. The number of alkyl halides is 2. The van der Waals surface area contributed by atoms with Gasteiger partial charge in [0.1, 0.15) is 11.4 Å². The zero-order chi connectivity index (χ0) is 42.9. The summed E-state index contributed by atoms with van der Waals surface area (Å²) in [5, 5.41) is 13.6. The van der Waals surface area contributed by atoms with E-state index in [0.717, 1.165) is 87.8 Å². The van der Waals surface area contributed by atoms with E-state index in [4.69, 9.17) is 9.47 Å². The summed E-state index contributed by atoms with van der Waals surface area (Å²) in [4.78, 5) is 62.1. The average molecular weight is 857 g/mol. The van der Waals surface area contributed by atoms with Gasteiger partial charge in [0.25, 0.3) is 12.3 Å². The Kier molecular flexibility index (Phi) is 12.3. The number of amides is 4. The fourth-order valence-corrected chi connectivity index (χ4v) is 10.1. The molecule has 18 heteroatoms. The molecule has 4 amide bonds. The number of likely N-dealkylation sites (N-methyl/N-ethyl adjacent to an activating group) is 1. The summed E-state index contributed by atoms with van der Waals surface area (Å²) < 4.78 is 43.4. The van der Waals surface area contributed by atoms with E-state index >= 15 is 0 Å². The van der Waals surface area contributed by atoms with Gasteiger partial charge in [0.15, 0.2) is 11.3 Å². The number of hydrogen-bond donors (Lipinski definition) is 2. The van der Waals surface area contributed by atoms with Gasteiger partial charge in [-0.2, -0.15) is 10.2 Å². The van der Waals surface area contributed by atoms with Crippen molar-refractivity contribution in [2.75, 3.05) is 74.7 Å². The number of morpholine rings is 1. The van der Waals surface area contributed by atoms with Crippen LogP contribution in [0, 0.1) is 11.8 Å². The number of aryl methyl sites for hydroxylation is 1. The van der Waals surface area contributed by atoms with Gasteiger partial charge in [-0.05, 0) is 80.9 Å². The number of likely N-dealkylation sites (tertiary alicyclic amines) is 1. The lowest BCUT2D eigenvalue weighted by Gasteiger charge is -2.36. The zero-order valence-corrected chi connectivity index (χ0v) is 35.0. The van der Waals surface area contributed by atoms with Crippen molar-refractivity contribution >= 4 is 46.5 Å². The molecule has 3 saturated heterocycles. The van der Waals surface area contributed by atoms with Gasteiger partial charge in [0, 0.05) is 65.2 Å². The van der Waals surface area contributed by atoms with Crippen LogP contribution in [-0.2, 0) is 30.3 Å². The lowest BCUT2D eigenvalue weighted by Crippen LogP contribution is -2.44. The minimum atomic E-state index is -2.86. The summed E-state index contributed by atoms with van der Waals surface area (Å²) >= 11 is 0. The van der Waals surface area contributed by atoms with Crippen LogP contribution in [0.15, 0.2) is 42.9 Å². The lowest BCUT2D eigenvalue weighted by molar-refractivity contribution is -0.139. The maximum Gasteiger partial charge on any atom is 0.284 e. The van der Waals surface area contributed by atoms with E-state index in [-0.39, 0.29) is 47.5 Å². The van der Waals surface area contributed by atoms with Gasteiger partial charge < -0.3 is 29.5 Å². The van der Waals surface area contributed by atoms with Crippen LogP contribution in [0.25, 0.3) is 5.65 Å². The molecule has 0 spiro atoms. The molecule has 2 atom stereocenters. The van der Waals surface area contributed by atoms with Crippen LogP contribution in [0.2, 0.25) is 0 Å². The molecule has 1 aromatic carbocycles. The minimum Gasteiger partial charge on any atom is -0.378 e. The maximum atomic E-state index is 14.3. The quantitative estimate of drug-likeness (QED) is 0.139. The molecule has 1 saturated carbocycles. The normalized spacial score (nSPS) is 24.0. The molecule has 5 aliphatic rings. The van der Waals surface area contributed by atoms with E-state index in [0.29, 0.717) is 56.7 Å². The van der Waals surface area contributed by atoms with Gasteiger partial charge >= 0.3 is 0 Å². The monoisotopic (exact) mass is 856 g/mol. The Morgan fingerprint density at radius 2 is 1.81 bits per heavy atom. The Hall–Kier alpha value is -5.33. The number of para-hydroxylation sites is 1. The van der Waals surface area contributed by atoms with Gasteiger partial charge in [-0.1, -0.05) is 18.2 Å². The number of carbonyl (C=O) groups excluding carboxylic acids is 4. The molecule has 2 unspecified atom stereocenters. The number of halogens is 2. The second-order valence-electron chi connectivity index (χ2n) is 17.3. The van der Waals surface area contributed by atoms with Crippen molar-refractivity contribution in [3.8, 4) is 0 Å². The number of imide groups is 1. The average Bonchev–Trinajstić information content (AvgIpc) is 3.98. The first-order chi connectivity index (χ1) is 30.1. The van der Waals surface area contributed by atoms with Crippen molar-refractivity contribution < 1.29 is 37.4 Å². The molecule has 3 aromatic heterocycles. The van der Waals surface area contributed by atoms with Gasteiger partial charge in [-0.25, -0.2) is 18.3 Å². The summed E-state index contributed by atoms with van der Waals surface area (Å²) in [6.07, 6.45) is 9.66. The van der Waals surface area contributed by atoms with Gasteiger partial charge in [0.2, 0.25) is 17.7 Å². The van der Waals surface area contributed by atoms with Crippen molar-refractivity contribution in [2.45, 2.75) is 88.7 Å². The molecular formula is C44H54F2N10O6. The molecule has 4 fully saturated rings. The first-order valence-electron chi connectivity index (χ1n) is 22.0. The topological polar surface area (TPSA) is 169 Å². The molecule has 1 aliphatic carbocycles. The van der Waals surface area contributed by atoms with Crippen molar-refractivity contribution in [1.29, 1.82) is 0 Å². The van der Waals surface area contributed by atoms with E-state index < -0.39 is 29.9 Å². The highest BCUT2D eigenvalue weighted by atomic mass is 19.3. The summed E-state index contributed by atoms with van der Waals surface area (Å²) in [6.45, 7) is 6.06. The maximum absolute atomic E-state index is 14.3. The number of piperidine rings is 2. The van der Waals surface area contributed by atoms with Crippen LogP contribution < -0.4 is 20.4 Å². The van der Waals surface area contributed by atoms with E-state index in [1.165, 1.54) is 10.7 Å². The standard InChI is InChI=1S/C44H54F2N10O6/c1-52-39-28(4-2-6-31(39)37(44(52)60)32-11-12-36(57)50-42(32)58)5-3-21-62-30-13-16-53(17-14-30)25-27-7-9-29(10-8-27)56-26-34(38(51-56)40(45)46)48-43(59)33-24-47-55-18-15-35(49-41(33)55)54-19-22-61-23-20-54/h2,4,6,15,18,24,26-27,29-30,32,37,40H,3,5,7-14,16-17,19-23,25H2,1H3,(H,48,59)(H,50,57,58). The summed E-state index contributed by atoms with van der Waals surface area (Å²) in [5.41, 5.74) is 2.88. The fourth-order valence-electron chi connectivity index (χ4n) is 10.1. The summed E-state index contributed by atoms with van der Waals surface area (Å²) in [5.74, 6) is -1.25. The predicted octanol–water partition coefficient (Wildman–Crippen LogP) is 4.91. The van der Waals surface area contributed by atoms with E-state index in [9.17, 15) is 28.0 Å². The van der Waals surface area contributed by atoms with Crippen molar-refractivity contribution in [1.82, 2.24) is 34.6 Å². The molecule has 2 N–H and O–H groups in total. The molecule has 4 aromatic rings. The Morgan fingerprint density at radius 3 is 2.56 bits per heavy atom. The molecule has 62 heavy (non-hydrogen) atoms. The molecule has 0 radical (unpaired) electrons. The largest absolute Gasteiger partial charge is 0.378 e. The van der Waals surface area contributed by atoms with E-state index in [2.05, 4.69) is 35.6 Å². The zero-order valence-electron chi connectivity index (χ0n) is 35.0. The van der Waals surface area contributed by atoms with Crippen LogP contribution in [0.1, 0.15) is 103 Å². The number of fused-ring (bicyclic) bond motifs is 2. The number of aromatic nitrogens is 5. The van der Waals surface area contributed by atoms with Crippen molar-refractivity contribution in [2.24, 2.45) is 11.8 Å². The number of ether oxygens (including phenoxy) is 2. The number of rotatable bonds is 13. The SMILES string of the molecule is CN1C(=O)C(C2CCC(=O)NC2=O)c2cccc(CCCOC3CCN(CC4CCC(n5cc(NC(=O)c6cnn7ccc(N8CCOCC8)nc67)c(C(F)F)n5)CC4)CC3)c21. The van der Waals surface area contributed by atoms with Crippen LogP contribution in [0.3, 0.4) is 0 Å². The van der Waals surface area contributed by atoms with Crippen LogP contribution in [-0.4, -0.2) is 119 Å². The highest BCUT2D eigenvalue weighted by molar-refractivity contribution is 6.10.